The summed E-state index contributed by atoms with van der Waals surface area (Å²) < 4.78 is 0. The van der Waals surface area contributed by atoms with E-state index < -0.39 is 10.9 Å². The van der Waals surface area contributed by atoms with Crippen molar-refractivity contribution in [2.24, 2.45) is 0 Å². The SMILES string of the molecule is Cc1cnc(N2CCCCC2CC(=O)O)cc1[N+](=O)[O-]. The van der Waals surface area contributed by atoms with Crippen LogP contribution >= 0.6 is 0 Å². The molecule has 20 heavy (non-hydrogen) atoms. The fourth-order valence-electron chi connectivity index (χ4n) is 2.57. The Morgan fingerprint density at radius 2 is 2.35 bits per heavy atom. The van der Waals surface area contributed by atoms with Gasteiger partial charge in [0.1, 0.15) is 5.82 Å². The Bertz CT molecular complexity index is 532. The molecule has 2 rings (SSSR count). The molecule has 0 bridgehead atoms. The average molecular weight is 279 g/mol. The standard InChI is InChI=1S/C13H17N3O4/c1-9-8-14-12(7-11(9)16(19)20)15-5-3-2-4-10(15)6-13(17)18/h7-8,10H,2-6H2,1H3,(H,17,18). The second kappa shape index (κ2) is 5.85. The van der Waals surface area contributed by atoms with Crippen LogP contribution in [-0.2, 0) is 4.79 Å². The van der Waals surface area contributed by atoms with Crippen molar-refractivity contribution >= 4 is 17.5 Å². The van der Waals surface area contributed by atoms with E-state index in [1.165, 1.54) is 12.3 Å². The molecule has 1 aliphatic rings. The molecule has 7 nitrogen and oxygen atoms in total. The second-order valence-corrected chi connectivity index (χ2v) is 5.03. The molecular weight excluding hydrogens is 262 g/mol. The molecule has 0 radical (unpaired) electrons. The lowest BCUT2D eigenvalue weighted by Gasteiger charge is -2.35. The molecule has 1 aliphatic heterocycles. The Morgan fingerprint density at radius 1 is 1.60 bits per heavy atom. The number of carbonyl (C=O) groups is 1. The molecule has 108 valence electrons. The first-order valence-corrected chi connectivity index (χ1v) is 6.58. The normalized spacial score (nSPS) is 18.9. The van der Waals surface area contributed by atoms with Crippen LogP contribution in [0.15, 0.2) is 12.3 Å². The summed E-state index contributed by atoms with van der Waals surface area (Å²) in [6, 6.07) is 1.30. The monoisotopic (exact) mass is 279 g/mol. The molecule has 1 atom stereocenters. The maximum atomic E-state index is 11.0. The Labute approximate surface area is 116 Å². The van der Waals surface area contributed by atoms with Gasteiger partial charge in [0.2, 0.25) is 0 Å². The van der Waals surface area contributed by atoms with Crippen LogP contribution in [0.2, 0.25) is 0 Å². The van der Waals surface area contributed by atoms with Gasteiger partial charge in [-0.05, 0) is 26.2 Å². The number of hydrogen-bond donors (Lipinski definition) is 1. The minimum absolute atomic E-state index is 0.0228. The summed E-state index contributed by atoms with van der Waals surface area (Å²) in [5, 5.41) is 19.9. The predicted octanol–water partition coefficient (Wildman–Crippen LogP) is 2.13. The third-order valence-corrected chi connectivity index (χ3v) is 3.59. The minimum Gasteiger partial charge on any atom is -0.481 e. The third kappa shape index (κ3) is 3.04. The largest absolute Gasteiger partial charge is 0.481 e. The van der Waals surface area contributed by atoms with E-state index in [0.29, 0.717) is 17.9 Å². The van der Waals surface area contributed by atoms with Gasteiger partial charge < -0.3 is 10.0 Å². The zero-order valence-electron chi connectivity index (χ0n) is 11.3. The number of rotatable bonds is 4. The van der Waals surface area contributed by atoms with Crippen LogP contribution in [0.25, 0.3) is 0 Å². The lowest BCUT2D eigenvalue weighted by molar-refractivity contribution is -0.385. The molecule has 0 amide bonds. The molecule has 1 N–H and O–H groups in total. The van der Waals surface area contributed by atoms with E-state index in [4.69, 9.17) is 5.11 Å². The number of nitrogens with zero attached hydrogens (tertiary/aromatic N) is 3. The van der Waals surface area contributed by atoms with E-state index in [2.05, 4.69) is 4.98 Å². The van der Waals surface area contributed by atoms with Crippen LogP contribution in [0.1, 0.15) is 31.2 Å². The minimum atomic E-state index is -0.858. The third-order valence-electron chi connectivity index (χ3n) is 3.59. The molecule has 2 heterocycles. The Hall–Kier alpha value is -2.18. The number of aryl methyl sites for hydroxylation is 1. The van der Waals surface area contributed by atoms with Crippen molar-refractivity contribution in [2.45, 2.75) is 38.6 Å². The van der Waals surface area contributed by atoms with Crippen molar-refractivity contribution < 1.29 is 14.8 Å². The number of hydrogen-bond acceptors (Lipinski definition) is 5. The quantitative estimate of drug-likeness (QED) is 0.670. The van der Waals surface area contributed by atoms with E-state index in [-0.39, 0.29) is 18.2 Å². The smallest absolute Gasteiger partial charge is 0.305 e. The number of aromatic nitrogens is 1. The molecule has 1 fully saturated rings. The van der Waals surface area contributed by atoms with Gasteiger partial charge >= 0.3 is 5.97 Å². The van der Waals surface area contributed by atoms with Crippen LogP contribution in [0.5, 0.6) is 0 Å². The summed E-state index contributed by atoms with van der Waals surface area (Å²) in [6.45, 7) is 2.32. The van der Waals surface area contributed by atoms with E-state index >= 15 is 0 Å². The van der Waals surface area contributed by atoms with Gasteiger partial charge in [0.15, 0.2) is 0 Å². The van der Waals surface area contributed by atoms with E-state index in [1.54, 1.807) is 6.92 Å². The number of anilines is 1. The number of carboxylic acids is 1. The molecule has 0 saturated carbocycles. The Balaban J connectivity index is 2.30. The molecule has 1 aromatic heterocycles. The van der Waals surface area contributed by atoms with Gasteiger partial charge in [-0.25, -0.2) is 4.98 Å². The Morgan fingerprint density at radius 3 is 3.00 bits per heavy atom. The molecule has 1 saturated heterocycles. The fraction of sp³-hybridized carbons (Fsp3) is 0.538. The van der Waals surface area contributed by atoms with Gasteiger partial charge in [0.05, 0.1) is 17.4 Å². The summed E-state index contributed by atoms with van der Waals surface area (Å²) in [5.74, 6) is -0.364. The van der Waals surface area contributed by atoms with Gasteiger partial charge in [-0.2, -0.15) is 0 Å². The molecule has 7 heteroatoms. The van der Waals surface area contributed by atoms with Crippen molar-refractivity contribution in [3.63, 3.8) is 0 Å². The maximum Gasteiger partial charge on any atom is 0.305 e. The number of piperidine rings is 1. The molecule has 0 aliphatic carbocycles. The summed E-state index contributed by atoms with van der Waals surface area (Å²) in [4.78, 5) is 27.6. The van der Waals surface area contributed by atoms with Gasteiger partial charge in [-0.3, -0.25) is 14.9 Å². The second-order valence-electron chi connectivity index (χ2n) is 5.03. The highest BCUT2D eigenvalue weighted by atomic mass is 16.6. The molecule has 0 spiro atoms. The van der Waals surface area contributed by atoms with E-state index in [1.807, 2.05) is 4.90 Å². The van der Waals surface area contributed by atoms with Gasteiger partial charge in [0.25, 0.3) is 5.69 Å². The van der Waals surface area contributed by atoms with E-state index in [0.717, 1.165) is 19.3 Å². The molecule has 1 unspecified atom stereocenters. The van der Waals surface area contributed by atoms with Gasteiger partial charge in [0, 0.05) is 24.3 Å². The first-order chi connectivity index (χ1) is 9.49. The fourth-order valence-corrected chi connectivity index (χ4v) is 2.57. The summed E-state index contributed by atoms with van der Waals surface area (Å²) in [7, 11) is 0. The summed E-state index contributed by atoms with van der Waals surface area (Å²) in [6.07, 6.45) is 4.20. The number of aliphatic carboxylic acids is 1. The number of carboxylic acid groups (broad SMARTS) is 1. The topological polar surface area (TPSA) is 96.6 Å². The summed E-state index contributed by atoms with van der Waals surface area (Å²) in [5.41, 5.74) is 0.528. The van der Waals surface area contributed by atoms with Crippen molar-refractivity contribution in [1.29, 1.82) is 0 Å². The zero-order valence-corrected chi connectivity index (χ0v) is 11.3. The molecular formula is C13H17N3O4. The van der Waals surface area contributed by atoms with Crippen LogP contribution in [-0.4, -0.2) is 33.6 Å². The predicted molar refractivity (Wildman–Crippen MR) is 72.9 cm³/mol. The van der Waals surface area contributed by atoms with Crippen LogP contribution < -0.4 is 4.90 Å². The highest BCUT2D eigenvalue weighted by Crippen LogP contribution is 2.28. The van der Waals surface area contributed by atoms with E-state index in [9.17, 15) is 14.9 Å². The highest BCUT2D eigenvalue weighted by molar-refractivity contribution is 5.68. The molecule has 0 aromatic carbocycles. The van der Waals surface area contributed by atoms with Crippen molar-refractivity contribution in [3.05, 3.63) is 27.9 Å². The Kier molecular flexibility index (Phi) is 4.16. The van der Waals surface area contributed by atoms with Crippen LogP contribution in [0, 0.1) is 17.0 Å². The van der Waals surface area contributed by atoms with Crippen molar-refractivity contribution in [2.75, 3.05) is 11.4 Å². The van der Waals surface area contributed by atoms with Crippen LogP contribution in [0.4, 0.5) is 11.5 Å². The zero-order chi connectivity index (χ0) is 14.7. The maximum absolute atomic E-state index is 11.0. The van der Waals surface area contributed by atoms with Gasteiger partial charge in [-0.1, -0.05) is 0 Å². The first kappa shape index (κ1) is 14.2. The lowest BCUT2D eigenvalue weighted by Crippen LogP contribution is -2.41. The highest BCUT2D eigenvalue weighted by Gasteiger charge is 2.27. The van der Waals surface area contributed by atoms with Gasteiger partial charge in [-0.15, -0.1) is 0 Å². The number of pyridine rings is 1. The number of nitro groups is 1. The summed E-state index contributed by atoms with van der Waals surface area (Å²) >= 11 is 0. The van der Waals surface area contributed by atoms with Crippen molar-refractivity contribution in [1.82, 2.24) is 4.98 Å². The van der Waals surface area contributed by atoms with Crippen LogP contribution in [0.3, 0.4) is 0 Å². The lowest BCUT2D eigenvalue weighted by atomic mass is 9.99. The first-order valence-electron chi connectivity index (χ1n) is 6.58. The molecule has 1 aromatic rings. The van der Waals surface area contributed by atoms with Crippen molar-refractivity contribution in [3.8, 4) is 0 Å². The average Bonchev–Trinajstić information content (AvgIpc) is 2.39.